The molecule has 196 valence electrons. The van der Waals surface area contributed by atoms with Gasteiger partial charge in [0.2, 0.25) is 17.6 Å². The second-order valence-electron chi connectivity index (χ2n) is 9.57. The van der Waals surface area contributed by atoms with Gasteiger partial charge in [-0.15, -0.1) is 8.78 Å². The second-order valence-corrected chi connectivity index (χ2v) is 9.57. The van der Waals surface area contributed by atoms with Gasteiger partial charge in [0.15, 0.2) is 11.5 Å². The van der Waals surface area contributed by atoms with Gasteiger partial charge in [0.1, 0.15) is 0 Å². The molecular weight excluding hydrogens is 482 g/mol. The lowest BCUT2D eigenvalue weighted by atomic mass is 9.89. The van der Waals surface area contributed by atoms with Crippen molar-refractivity contribution in [3.63, 3.8) is 0 Å². The first-order valence-corrected chi connectivity index (χ1v) is 11.4. The lowest BCUT2D eigenvalue weighted by molar-refractivity contribution is -0.286. The number of halogens is 2. The van der Waals surface area contributed by atoms with Crippen LogP contribution in [-0.2, 0) is 19.2 Å². The van der Waals surface area contributed by atoms with Crippen LogP contribution in [0.5, 0.6) is 11.5 Å². The van der Waals surface area contributed by atoms with Crippen LogP contribution in [0, 0.1) is 5.92 Å². The van der Waals surface area contributed by atoms with E-state index in [2.05, 4.69) is 30.7 Å². The van der Waals surface area contributed by atoms with Crippen LogP contribution in [0.1, 0.15) is 50.4 Å². The first kappa shape index (κ1) is 26.8. The molecule has 13 heteroatoms. The highest BCUT2D eigenvalue weighted by Crippen LogP contribution is 2.41. The van der Waals surface area contributed by atoms with Crippen molar-refractivity contribution < 1.29 is 42.2 Å². The van der Waals surface area contributed by atoms with E-state index in [1.54, 1.807) is 20.8 Å². The van der Waals surface area contributed by atoms with E-state index in [1.807, 2.05) is 0 Å². The van der Waals surface area contributed by atoms with Crippen molar-refractivity contribution >= 4 is 29.4 Å². The topological polar surface area (TPSA) is 152 Å². The van der Waals surface area contributed by atoms with Crippen LogP contribution < -0.4 is 30.7 Å². The molecule has 0 saturated carbocycles. The molecule has 0 aliphatic carbocycles. The first-order chi connectivity index (χ1) is 16.7. The number of rotatable bonds is 8. The zero-order chi connectivity index (χ0) is 26.7. The number of Topliss-reactive ketones (excluding diaryl/α,β-unsaturated/α-hetero) is 1. The molecular formula is C23H28F2N4O7. The quantitative estimate of drug-likeness (QED) is 0.374. The molecule has 2 aliphatic rings. The summed E-state index contributed by atoms with van der Waals surface area (Å²) < 4.78 is 34.9. The standard InChI is InChI=1S/C23H28F2N4O7/c1-22(2,3)29-21(34)18(31)14(9-12-5-4-8-26-19(12)32)28-17(30)11-27-20(33)13-6-7-15-16(10-13)36-23(24,25)35-15/h6-7,10,12,14H,4-5,8-9,11H2,1-3H3,(H,26,32)(H,27,33)(H,28,30)(H,29,34). The summed E-state index contributed by atoms with van der Waals surface area (Å²) in [6, 6.07) is 2.08. The fourth-order valence-corrected chi connectivity index (χ4v) is 3.74. The molecule has 3 rings (SSSR count). The van der Waals surface area contributed by atoms with Gasteiger partial charge in [-0.1, -0.05) is 0 Å². The van der Waals surface area contributed by atoms with E-state index in [0.29, 0.717) is 19.4 Å². The molecule has 1 fully saturated rings. The van der Waals surface area contributed by atoms with Crippen molar-refractivity contribution in [2.45, 2.75) is 57.9 Å². The molecule has 2 heterocycles. The Morgan fingerprint density at radius 3 is 2.53 bits per heavy atom. The average Bonchev–Trinajstić information content (AvgIpc) is 3.09. The molecule has 0 spiro atoms. The number of piperidine rings is 1. The Hall–Kier alpha value is -3.77. The number of alkyl halides is 2. The van der Waals surface area contributed by atoms with Crippen molar-refractivity contribution in [3.05, 3.63) is 23.8 Å². The Bertz CT molecular complexity index is 1070. The van der Waals surface area contributed by atoms with Gasteiger partial charge in [-0.25, -0.2) is 0 Å². The maximum Gasteiger partial charge on any atom is 0.586 e. The maximum atomic E-state index is 13.2. The summed E-state index contributed by atoms with van der Waals surface area (Å²) in [5.74, 6) is -4.80. The van der Waals surface area contributed by atoms with E-state index in [1.165, 1.54) is 6.07 Å². The molecule has 1 saturated heterocycles. The van der Waals surface area contributed by atoms with Crippen LogP contribution in [0.3, 0.4) is 0 Å². The predicted molar refractivity (Wildman–Crippen MR) is 120 cm³/mol. The highest BCUT2D eigenvalue weighted by Gasteiger charge is 2.43. The van der Waals surface area contributed by atoms with Gasteiger partial charge in [0.25, 0.3) is 11.8 Å². The van der Waals surface area contributed by atoms with E-state index in [4.69, 9.17) is 0 Å². The summed E-state index contributed by atoms with van der Waals surface area (Å²) in [7, 11) is 0. The third-order valence-electron chi connectivity index (χ3n) is 5.36. The molecule has 1 aromatic rings. The van der Waals surface area contributed by atoms with Gasteiger partial charge in [0.05, 0.1) is 12.6 Å². The van der Waals surface area contributed by atoms with E-state index in [0.717, 1.165) is 12.1 Å². The number of ether oxygens (including phenoxy) is 2. The Morgan fingerprint density at radius 2 is 1.86 bits per heavy atom. The van der Waals surface area contributed by atoms with Crippen LogP contribution >= 0.6 is 0 Å². The van der Waals surface area contributed by atoms with Crippen LogP contribution in [0.15, 0.2) is 18.2 Å². The van der Waals surface area contributed by atoms with E-state index >= 15 is 0 Å². The summed E-state index contributed by atoms with van der Waals surface area (Å²) in [6.45, 7) is 4.99. The zero-order valence-electron chi connectivity index (χ0n) is 20.0. The minimum absolute atomic E-state index is 0.0705. The number of fused-ring (bicyclic) bond motifs is 1. The highest BCUT2D eigenvalue weighted by atomic mass is 19.3. The molecule has 4 amide bonds. The molecule has 0 bridgehead atoms. The van der Waals surface area contributed by atoms with Gasteiger partial charge in [-0.3, -0.25) is 24.0 Å². The Kier molecular flexibility index (Phi) is 7.80. The Balaban J connectivity index is 1.63. The number of ketones is 1. The lowest BCUT2D eigenvalue weighted by Gasteiger charge is -2.27. The van der Waals surface area contributed by atoms with Gasteiger partial charge >= 0.3 is 6.29 Å². The maximum absolute atomic E-state index is 13.2. The Labute approximate surface area is 205 Å². The third kappa shape index (κ3) is 7.12. The summed E-state index contributed by atoms with van der Waals surface area (Å²) >= 11 is 0. The van der Waals surface area contributed by atoms with Gasteiger partial charge in [0, 0.05) is 23.6 Å². The third-order valence-corrected chi connectivity index (χ3v) is 5.36. The van der Waals surface area contributed by atoms with Gasteiger partial charge in [-0.2, -0.15) is 0 Å². The van der Waals surface area contributed by atoms with Crippen molar-refractivity contribution in [1.82, 2.24) is 21.3 Å². The SMILES string of the molecule is CC(C)(C)NC(=O)C(=O)C(CC1CCCNC1=O)NC(=O)CNC(=O)c1ccc2c(c1)OC(F)(F)O2. The Morgan fingerprint density at radius 1 is 1.17 bits per heavy atom. The molecule has 0 radical (unpaired) electrons. The molecule has 11 nitrogen and oxygen atoms in total. The molecule has 1 aromatic carbocycles. The molecule has 0 aromatic heterocycles. The fourth-order valence-electron chi connectivity index (χ4n) is 3.74. The van der Waals surface area contributed by atoms with Gasteiger partial charge < -0.3 is 30.7 Å². The van der Waals surface area contributed by atoms with Crippen LogP contribution in [0.4, 0.5) is 8.78 Å². The summed E-state index contributed by atoms with van der Waals surface area (Å²) in [5, 5.41) is 9.96. The fraction of sp³-hybridized carbons (Fsp3) is 0.522. The largest absolute Gasteiger partial charge is 0.586 e. The van der Waals surface area contributed by atoms with Crippen LogP contribution in [0.25, 0.3) is 0 Å². The number of hydrogen-bond donors (Lipinski definition) is 4. The van der Waals surface area contributed by atoms with E-state index in [9.17, 15) is 32.8 Å². The summed E-state index contributed by atoms with van der Waals surface area (Å²) in [4.78, 5) is 62.4. The van der Waals surface area contributed by atoms with Crippen molar-refractivity contribution in [3.8, 4) is 11.5 Å². The highest BCUT2D eigenvalue weighted by molar-refractivity contribution is 6.38. The van der Waals surface area contributed by atoms with Crippen molar-refractivity contribution in [1.29, 1.82) is 0 Å². The number of nitrogens with one attached hydrogen (secondary N) is 4. The number of hydrogen-bond acceptors (Lipinski definition) is 7. The van der Waals surface area contributed by atoms with Crippen LogP contribution in [-0.4, -0.2) is 60.4 Å². The molecule has 2 atom stereocenters. The number of benzene rings is 1. The van der Waals surface area contributed by atoms with Crippen LogP contribution in [0.2, 0.25) is 0 Å². The van der Waals surface area contributed by atoms with E-state index in [-0.39, 0.29) is 29.4 Å². The number of carbonyl (C=O) groups is 5. The molecule has 2 aliphatic heterocycles. The normalized spacial score (nSPS) is 19.0. The molecule has 2 unspecified atom stereocenters. The second kappa shape index (κ2) is 10.5. The lowest BCUT2D eigenvalue weighted by Crippen LogP contribution is -2.54. The molecule has 4 N–H and O–H groups in total. The number of carbonyl (C=O) groups excluding carboxylic acids is 5. The molecule has 36 heavy (non-hydrogen) atoms. The zero-order valence-corrected chi connectivity index (χ0v) is 20.0. The number of amides is 4. The van der Waals surface area contributed by atoms with Crippen molar-refractivity contribution in [2.24, 2.45) is 5.92 Å². The van der Waals surface area contributed by atoms with Gasteiger partial charge in [-0.05, 0) is 58.2 Å². The monoisotopic (exact) mass is 510 g/mol. The minimum Gasteiger partial charge on any atom is -0.395 e. The average molecular weight is 510 g/mol. The summed E-state index contributed by atoms with van der Waals surface area (Å²) in [6.07, 6.45) is -2.74. The summed E-state index contributed by atoms with van der Waals surface area (Å²) in [5.41, 5.74) is -0.773. The smallest absolute Gasteiger partial charge is 0.395 e. The van der Waals surface area contributed by atoms with Crippen molar-refractivity contribution in [2.75, 3.05) is 13.1 Å². The first-order valence-electron chi connectivity index (χ1n) is 11.4. The minimum atomic E-state index is -3.84. The van der Waals surface area contributed by atoms with E-state index < -0.39 is 53.8 Å². The predicted octanol–water partition coefficient (Wildman–Crippen LogP) is 0.623.